The molecule has 0 N–H and O–H groups in total. The van der Waals surface area contributed by atoms with Crippen molar-refractivity contribution in [3.8, 4) is 5.75 Å². The third-order valence-corrected chi connectivity index (χ3v) is 4.16. The van der Waals surface area contributed by atoms with E-state index >= 15 is 0 Å². The van der Waals surface area contributed by atoms with E-state index in [-0.39, 0.29) is 5.78 Å². The lowest BCUT2D eigenvalue weighted by atomic mass is 10.1. The van der Waals surface area contributed by atoms with Crippen LogP contribution in [0.25, 0.3) is 0 Å². The van der Waals surface area contributed by atoms with Gasteiger partial charge in [0, 0.05) is 32.2 Å². The Morgan fingerprint density at radius 2 is 1.90 bits per heavy atom. The molecule has 0 radical (unpaired) electrons. The van der Waals surface area contributed by atoms with Crippen molar-refractivity contribution in [2.24, 2.45) is 0 Å². The van der Waals surface area contributed by atoms with Crippen molar-refractivity contribution in [1.82, 2.24) is 9.80 Å². The Hall–Kier alpha value is -1.39. The predicted octanol–water partition coefficient (Wildman–Crippen LogP) is 2.21. The zero-order valence-corrected chi connectivity index (χ0v) is 13.6. The van der Waals surface area contributed by atoms with Crippen molar-refractivity contribution in [3.05, 3.63) is 29.3 Å². The maximum absolute atomic E-state index is 12.5. The molecule has 0 amide bonds. The minimum Gasteiger partial charge on any atom is -0.496 e. The lowest BCUT2D eigenvalue weighted by Gasteiger charge is -2.36. The van der Waals surface area contributed by atoms with E-state index in [0.29, 0.717) is 23.9 Å². The number of nitrogens with zero attached hydrogens (tertiary/aromatic N) is 2. The summed E-state index contributed by atoms with van der Waals surface area (Å²) in [6.45, 7) is 10.9. The number of benzene rings is 1. The second-order valence-electron chi connectivity index (χ2n) is 6.03. The van der Waals surface area contributed by atoms with Crippen LogP contribution in [0.15, 0.2) is 18.2 Å². The van der Waals surface area contributed by atoms with Crippen LogP contribution >= 0.6 is 0 Å². The van der Waals surface area contributed by atoms with Crippen molar-refractivity contribution in [1.29, 1.82) is 0 Å². The minimum atomic E-state index is 0.143. The first-order valence-electron chi connectivity index (χ1n) is 7.65. The molecular weight excluding hydrogens is 264 g/mol. The van der Waals surface area contributed by atoms with Gasteiger partial charge in [-0.05, 0) is 38.5 Å². The van der Waals surface area contributed by atoms with E-state index < -0.39 is 0 Å². The molecule has 1 aromatic carbocycles. The van der Waals surface area contributed by atoms with Crippen LogP contribution in [-0.2, 0) is 0 Å². The van der Waals surface area contributed by atoms with Gasteiger partial charge in [-0.25, -0.2) is 0 Å². The molecule has 0 saturated carbocycles. The maximum Gasteiger partial charge on any atom is 0.180 e. The first-order valence-corrected chi connectivity index (χ1v) is 7.65. The van der Waals surface area contributed by atoms with Crippen molar-refractivity contribution in [2.45, 2.75) is 26.8 Å². The number of carbonyl (C=O) groups is 1. The van der Waals surface area contributed by atoms with Gasteiger partial charge >= 0.3 is 0 Å². The Bertz CT molecular complexity index is 492. The lowest BCUT2D eigenvalue weighted by Crippen LogP contribution is -2.50. The van der Waals surface area contributed by atoms with E-state index in [1.165, 1.54) is 0 Å². The Morgan fingerprint density at radius 1 is 1.24 bits per heavy atom. The highest BCUT2D eigenvalue weighted by molar-refractivity contribution is 6.00. The molecule has 1 saturated heterocycles. The SMILES string of the molecule is COc1cc(C)ccc1C(=O)CN1CCN(C(C)C)CC1. The van der Waals surface area contributed by atoms with Crippen LogP contribution in [-0.4, -0.2) is 61.5 Å². The molecule has 0 aliphatic carbocycles. The summed E-state index contributed by atoms with van der Waals surface area (Å²) in [4.78, 5) is 17.2. The van der Waals surface area contributed by atoms with Crippen molar-refractivity contribution in [2.75, 3.05) is 39.8 Å². The van der Waals surface area contributed by atoms with Gasteiger partial charge in [0.05, 0.1) is 19.2 Å². The lowest BCUT2D eigenvalue weighted by molar-refractivity contribution is 0.0805. The van der Waals surface area contributed by atoms with Gasteiger partial charge in [0.25, 0.3) is 0 Å². The topological polar surface area (TPSA) is 32.8 Å². The Labute approximate surface area is 127 Å². The molecule has 0 spiro atoms. The monoisotopic (exact) mass is 290 g/mol. The molecule has 116 valence electrons. The van der Waals surface area contributed by atoms with Crippen LogP contribution in [0.3, 0.4) is 0 Å². The second kappa shape index (κ2) is 7.05. The molecule has 0 unspecified atom stereocenters. The van der Waals surface area contributed by atoms with Crippen LogP contribution in [0.2, 0.25) is 0 Å². The third kappa shape index (κ3) is 4.05. The number of hydrogen-bond acceptors (Lipinski definition) is 4. The zero-order chi connectivity index (χ0) is 15.4. The van der Waals surface area contributed by atoms with Crippen molar-refractivity contribution in [3.63, 3.8) is 0 Å². The van der Waals surface area contributed by atoms with Gasteiger partial charge in [-0.3, -0.25) is 14.6 Å². The van der Waals surface area contributed by atoms with E-state index in [1.807, 2.05) is 25.1 Å². The number of Topliss-reactive ketones (excluding diaryl/α,β-unsaturated/α-hetero) is 1. The smallest absolute Gasteiger partial charge is 0.180 e. The summed E-state index contributed by atoms with van der Waals surface area (Å²) in [6, 6.07) is 6.34. The fourth-order valence-electron chi connectivity index (χ4n) is 2.75. The summed E-state index contributed by atoms with van der Waals surface area (Å²) in [5.74, 6) is 0.825. The average Bonchev–Trinajstić information content (AvgIpc) is 2.47. The fraction of sp³-hybridized carbons (Fsp3) is 0.588. The second-order valence-corrected chi connectivity index (χ2v) is 6.03. The van der Waals surface area contributed by atoms with E-state index in [2.05, 4.69) is 23.6 Å². The molecular formula is C17H26N2O2. The summed E-state index contributed by atoms with van der Waals surface area (Å²) in [5, 5.41) is 0. The van der Waals surface area contributed by atoms with Crippen LogP contribution in [0.1, 0.15) is 29.8 Å². The highest BCUT2D eigenvalue weighted by Crippen LogP contribution is 2.21. The van der Waals surface area contributed by atoms with Gasteiger partial charge in [0.2, 0.25) is 0 Å². The maximum atomic E-state index is 12.5. The number of ether oxygens (including phenoxy) is 1. The molecule has 21 heavy (non-hydrogen) atoms. The molecule has 2 rings (SSSR count). The Morgan fingerprint density at radius 3 is 2.48 bits per heavy atom. The van der Waals surface area contributed by atoms with Crippen LogP contribution < -0.4 is 4.74 Å². The molecule has 1 fully saturated rings. The Kier molecular flexibility index (Phi) is 5.37. The first-order chi connectivity index (χ1) is 10.0. The summed E-state index contributed by atoms with van der Waals surface area (Å²) < 4.78 is 5.34. The number of aryl methyl sites for hydroxylation is 1. The molecule has 0 atom stereocenters. The normalized spacial score (nSPS) is 17.2. The molecule has 1 aliphatic heterocycles. The van der Waals surface area contributed by atoms with E-state index in [1.54, 1.807) is 7.11 Å². The highest BCUT2D eigenvalue weighted by atomic mass is 16.5. The quantitative estimate of drug-likeness (QED) is 0.779. The molecule has 0 aromatic heterocycles. The largest absolute Gasteiger partial charge is 0.496 e. The van der Waals surface area contributed by atoms with Gasteiger partial charge in [0.1, 0.15) is 5.75 Å². The standard InChI is InChI=1S/C17H26N2O2/c1-13(2)19-9-7-18(8-10-19)12-16(20)15-6-5-14(3)11-17(15)21-4/h5-6,11,13H,7-10,12H2,1-4H3. The number of rotatable bonds is 5. The van der Waals surface area contributed by atoms with Crippen LogP contribution in [0, 0.1) is 6.92 Å². The zero-order valence-electron chi connectivity index (χ0n) is 13.6. The van der Waals surface area contributed by atoms with Gasteiger partial charge in [-0.15, -0.1) is 0 Å². The first kappa shape index (κ1) is 16.0. The summed E-state index contributed by atoms with van der Waals surface area (Å²) in [5.41, 5.74) is 1.79. The van der Waals surface area contributed by atoms with Crippen molar-refractivity contribution >= 4 is 5.78 Å². The van der Waals surface area contributed by atoms with Crippen LogP contribution in [0.4, 0.5) is 0 Å². The molecule has 1 aromatic rings. The van der Waals surface area contributed by atoms with Crippen molar-refractivity contribution < 1.29 is 9.53 Å². The number of hydrogen-bond donors (Lipinski definition) is 0. The highest BCUT2D eigenvalue weighted by Gasteiger charge is 2.22. The third-order valence-electron chi connectivity index (χ3n) is 4.16. The summed E-state index contributed by atoms with van der Waals surface area (Å²) >= 11 is 0. The van der Waals surface area contributed by atoms with Gasteiger partial charge in [0.15, 0.2) is 5.78 Å². The molecule has 4 heteroatoms. The molecule has 1 heterocycles. The van der Waals surface area contributed by atoms with Gasteiger partial charge < -0.3 is 4.74 Å². The van der Waals surface area contributed by atoms with Gasteiger partial charge in [-0.1, -0.05) is 6.07 Å². The molecule has 4 nitrogen and oxygen atoms in total. The van der Waals surface area contributed by atoms with E-state index in [0.717, 1.165) is 31.7 Å². The number of carbonyl (C=O) groups excluding carboxylic acids is 1. The number of methoxy groups -OCH3 is 1. The summed E-state index contributed by atoms with van der Waals surface area (Å²) in [7, 11) is 1.62. The van der Waals surface area contributed by atoms with Crippen LogP contribution in [0.5, 0.6) is 5.75 Å². The summed E-state index contributed by atoms with van der Waals surface area (Å²) in [6.07, 6.45) is 0. The van der Waals surface area contributed by atoms with E-state index in [9.17, 15) is 4.79 Å². The Balaban J connectivity index is 1.96. The molecule has 1 aliphatic rings. The van der Waals surface area contributed by atoms with E-state index in [4.69, 9.17) is 4.74 Å². The molecule has 0 bridgehead atoms. The predicted molar refractivity (Wildman–Crippen MR) is 85.2 cm³/mol. The minimum absolute atomic E-state index is 0.143. The fourth-order valence-corrected chi connectivity index (χ4v) is 2.75. The average molecular weight is 290 g/mol. The number of ketones is 1. The van der Waals surface area contributed by atoms with Gasteiger partial charge in [-0.2, -0.15) is 0 Å². The number of piperazine rings is 1.